The van der Waals surface area contributed by atoms with Crippen LogP contribution >= 0.6 is 15.9 Å². The van der Waals surface area contributed by atoms with Gasteiger partial charge in [0.25, 0.3) is 10.0 Å². The monoisotopic (exact) mass is 617 g/mol. The first-order chi connectivity index (χ1) is 18.6. The number of sulfonamides is 1. The third-order valence-electron chi connectivity index (χ3n) is 6.04. The van der Waals surface area contributed by atoms with Crippen LogP contribution in [0.5, 0.6) is 11.5 Å². The van der Waals surface area contributed by atoms with Gasteiger partial charge in [-0.2, -0.15) is 0 Å². The topological polar surface area (TPSA) is 105 Å². The lowest BCUT2D eigenvalue weighted by Gasteiger charge is -2.31. The van der Waals surface area contributed by atoms with E-state index in [1.807, 2.05) is 6.92 Å². The zero-order valence-electron chi connectivity index (χ0n) is 22.3. The number of ether oxygens (including phenoxy) is 2. The molecule has 11 heteroatoms. The van der Waals surface area contributed by atoms with Gasteiger partial charge in [0, 0.05) is 18.1 Å². The number of anilines is 1. The summed E-state index contributed by atoms with van der Waals surface area (Å²) in [5.41, 5.74) is 1.04. The molecular formula is C28H32BrN3O6S. The van der Waals surface area contributed by atoms with Crippen molar-refractivity contribution >= 4 is 43.5 Å². The number of rotatable bonds is 12. The molecule has 3 aromatic rings. The molecule has 0 fully saturated rings. The van der Waals surface area contributed by atoms with E-state index in [1.54, 1.807) is 74.7 Å². The number of nitrogens with zero attached hydrogens (tertiary/aromatic N) is 2. The molecule has 39 heavy (non-hydrogen) atoms. The van der Waals surface area contributed by atoms with E-state index in [1.165, 1.54) is 24.1 Å². The summed E-state index contributed by atoms with van der Waals surface area (Å²) >= 11 is 3.32. The Morgan fingerprint density at radius 1 is 0.949 bits per heavy atom. The Balaban J connectivity index is 2.01. The van der Waals surface area contributed by atoms with Crippen LogP contribution in [0.4, 0.5) is 5.69 Å². The predicted molar refractivity (Wildman–Crippen MR) is 153 cm³/mol. The van der Waals surface area contributed by atoms with Gasteiger partial charge in [0.2, 0.25) is 11.8 Å². The fourth-order valence-electron chi connectivity index (χ4n) is 3.86. The van der Waals surface area contributed by atoms with Crippen molar-refractivity contribution in [3.63, 3.8) is 0 Å². The van der Waals surface area contributed by atoms with Crippen LogP contribution in [0.2, 0.25) is 0 Å². The molecule has 3 aromatic carbocycles. The number of carbonyl (C=O) groups is 2. The number of nitrogens with one attached hydrogen (secondary N) is 1. The molecule has 208 valence electrons. The average Bonchev–Trinajstić information content (AvgIpc) is 2.94. The van der Waals surface area contributed by atoms with Crippen molar-refractivity contribution in [3.05, 3.63) is 82.8 Å². The highest BCUT2D eigenvalue weighted by molar-refractivity contribution is 9.10. The minimum absolute atomic E-state index is 0.0217. The van der Waals surface area contributed by atoms with Crippen molar-refractivity contribution in [1.29, 1.82) is 0 Å². The van der Waals surface area contributed by atoms with Crippen molar-refractivity contribution in [2.24, 2.45) is 0 Å². The van der Waals surface area contributed by atoms with Gasteiger partial charge in [0.05, 0.1) is 24.3 Å². The number of hydrogen-bond donors (Lipinski definition) is 1. The smallest absolute Gasteiger partial charge is 0.264 e. The van der Waals surface area contributed by atoms with Gasteiger partial charge in [0.1, 0.15) is 24.1 Å². The van der Waals surface area contributed by atoms with Crippen molar-refractivity contribution in [2.75, 3.05) is 31.6 Å². The zero-order valence-corrected chi connectivity index (χ0v) is 24.7. The number of likely N-dealkylation sites (N-methyl/N-ethyl adjacent to an activating group) is 1. The summed E-state index contributed by atoms with van der Waals surface area (Å²) in [6.45, 7) is 3.47. The Morgan fingerprint density at radius 2 is 1.54 bits per heavy atom. The van der Waals surface area contributed by atoms with Crippen LogP contribution < -0.4 is 19.1 Å². The highest BCUT2D eigenvalue weighted by Crippen LogP contribution is 2.27. The first-order valence-corrected chi connectivity index (χ1v) is 14.5. The quantitative estimate of drug-likeness (QED) is 0.326. The largest absolute Gasteiger partial charge is 0.497 e. The molecule has 2 amide bonds. The second kappa shape index (κ2) is 13.5. The highest BCUT2D eigenvalue weighted by Gasteiger charge is 2.32. The van der Waals surface area contributed by atoms with Crippen LogP contribution in [0, 0.1) is 0 Å². The molecule has 0 aliphatic heterocycles. The van der Waals surface area contributed by atoms with E-state index in [0.29, 0.717) is 18.1 Å². The lowest BCUT2D eigenvalue weighted by atomic mass is 10.1. The number of methoxy groups -OCH3 is 1. The predicted octanol–water partition coefficient (Wildman–Crippen LogP) is 4.22. The number of halogens is 1. The van der Waals surface area contributed by atoms with Crippen LogP contribution in [0.25, 0.3) is 0 Å². The molecule has 0 saturated carbocycles. The Hall–Kier alpha value is -3.57. The second-order valence-corrected chi connectivity index (χ2v) is 11.3. The van der Waals surface area contributed by atoms with Crippen LogP contribution in [-0.4, -0.2) is 58.5 Å². The maximum Gasteiger partial charge on any atom is 0.264 e. The van der Waals surface area contributed by atoms with E-state index >= 15 is 0 Å². The molecule has 3 rings (SSSR count). The molecule has 0 aliphatic rings. The maximum atomic E-state index is 13.8. The summed E-state index contributed by atoms with van der Waals surface area (Å²) in [4.78, 5) is 27.8. The molecule has 0 unspecified atom stereocenters. The molecule has 0 aliphatic carbocycles. The Morgan fingerprint density at radius 3 is 2.08 bits per heavy atom. The summed E-state index contributed by atoms with van der Waals surface area (Å²) < 4.78 is 40.1. The molecule has 0 bridgehead atoms. The number of benzene rings is 3. The van der Waals surface area contributed by atoms with E-state index in [-0.39, 0.29) is 23.0 Å². The second-order valence-electron chi connectivity index (χ2n) is 8.55. The first kappa shape index (κ1) is 30.0. The summed E-state index contributed by atoms with van der Waals surface area (Å²) in [6.07, 6.45) is 0. The summed E-state index contributed by atoms with van der Waals surface area (Å²) in [5.74, 6) is 0.304. The van der Waals surface area contributed by atoms with Gasteiger partial charge >= 0.3 is 0 Å². The van der Waals surface area contributed by atoms with Gasteiger partial charge in [0.15, 0.2) is 0 Å². The molecule has 1 N–H and O–H groups in total. The lowest BCUT2D eigenvalue weighted by Crippen LogP contribution is -2.50. The first-order valence-electron chi connectivity index (χ1n) is 12.3. The molecule has 0 aromatic heterocycles. The van der Waals surface area contributed by atoms with E-state index in [4.69, 9.17) is 9.47 Å². The van der Waals surface area contributed by atoms with Crippen LogP contribution in [0.1, 0.15) is 19.4 Å². The molecule has 1 atom stereocenters. The Bertz CT molecular complexity index is 1360. The van der Waals surface area contributed by atoms with E-state index in [0.717, 1.165) is 14.3 Å². The number of carbonyl (C=O) groups excluding carboxylic acids is 2. The third kappa shape index (κ3) is 7.51. The van der Waals surface area contributed by atoms with Gasteiger partial charge in [-0.3, -0.25) is 13.9 Å². The van der Waals surface area contributed by atoms with Gasteiger partial charge < -0.3 is 19.7 Å². The fourth-order valence-corrected chi connectivity index (χ4v) is 5.54. The van der Waals surface area contributed by atoms with E-state index in [2.05, 4.69) is 21.2 Å². The van der Waals surface area contributed by atoms with Gasteiger partial charge in [-0.05, 0) is 80.1 Å². The highest BCUT2D eigenvalue weighted by atomic mass is 79.9. The normalized spacial score (nSPS) is 11.8. The molecule has 0 saturated heterocycles. The molecular weight excluding hydrogens is 586 g/mol. The molecule has 0 heterocycles. The summed E-state index contributed by atoms with van der Waals surface area (Å²) in [5, 5.41) is 2.57. The Labute approximate surface area is 237 Å². The van der Waals surface area contributed by atoms with Crippen LogP contribution in [0.3, 0.4) is 0 Å². The standard InChI is InChI=1S/C28H32BrN3O6S/c1-5-38-25-14-10-23(11-15-25)32(39(35,36)26-16-8-22(29)9-17-26)19-27(33)31(20(2)28(34)30-3)18-21-6-12-24(37-4)13-7-21/h6-17,20H,5,18-19H2,1-4H3,(H,30,34)/t20-/m0/s1. The van der Waals surface area contributed by atoms with Gasteiger partial charge in [-0.15, -0.1) is 0 Å². The maximum absolute atomic E-state index is 13.8. The van der Waals surface area contributed by atoms with Gasteiger partial charge in [-0.1, -0.05) is 28.1 Å². The molecule has 0 spiro atoms. The molecule has 9 nitrogen and oxygen atoms in total. The van der Waals surface area contributed by atoms with E-state index in [9.17, 15) is 18.0 Å². The summed E-state index contributed by atoms with van der Waals surface area (Å²) in [7, 11) is -1.11. The van der Waals surface area contributed by atoms with Gasteiger partial charge in [-0.25, -0.2) is 8.42 Å². The number of hydrogen-bond acceptors (Lipinski definition) is 6. The Kier molecular flexibility index (Phi) is 10.4. The van der Waals surface area contributed by atoms with Crippen molar-refractivity contribution in [3.8, 4) is 11.5 Å². The zero-order chi connectivity index (χ0) is 28.6. The SMILES string of the molecule is CCOc1ccc(N(CC(=O)N(Cc2ccc(OC)cc2)[C@@H](C)C(=O)NC)S(=O)(=O)c2ccc(Br)cc2)cc1. The van der Waals surface area contributed by atoms with Crippen molar-refractivity contribution < 1.29 is 27.5 Å². The summed E-state index contributed by atoms with van der Waals surface area (Å²) in [6, 6.07) is 18.9. The average molecular weight is 619 g/mol. The minimum atomic E-state index is -4.15. The van der Waals surface area contributed by atoms with Crippen molar-refractivity contribution in [2.45, 2.75) is 31.3 Å². The molecule has 0 radical (unpaired) electrons. The minimum Gasteiger partial charge on any atom is -0.497 e. The van der Waals surface area contributed by atoms with Crippen LogP contribution in [-0.2, 0) is 26.2 Å². The van der Waals surface area contributed by atoms with E-state index < -0.39 is 28.5 Å². The number of amides is 2. The van der Waals surface area contributed by atoms with Crippen molar-refractivity contribution in [1.82, 2.24) is 10.2 Å². The lowest BCUT2D eigenvalue weighted by molar-refractivity contribution is -0.139. The fraction of sp³-hybridized carbons (Fsp3) is 0.286. The third-order valence-corrected chi connectivity index (χ3v) is 8.36. The van der Waals surface area contributed by atoms with Crippen LogP contribution in [0.15, 0.2) is 82.2 Å².